The zero-order valence-electron chi connectivity index (χ0n) is 20.0. The topological polar surface area (TPSA) is 70.5 Å². The van der Waals surface area contributed by atoms with Crippen LogP contribution in [0.2, 0.25) is 0 Å². The Balaban J connectivity index is 1.19. The summed E-state index contributed by atoms with van der Waals surface area (Å²) in [5.41, 5.74) is 2.82. The molecule has 2 aliphatic heterocycles. The van der Waals surface area contributed by atoms with Crippen LogP contribution < -0.4 is 10.2 Å². The molecule has 0 atom stereocenters. The number of nitrogens with one attached hydrogen (secondary N) is 1. The van der Waals surface area contributed by atoms with Crippen molar-refractivity contribution < 1.29 is 14.0 Å². The molecule has 8 heteroatoms. The summed E-state index contributed by atoms with van der Waals surface area (Å²) in [6, 6.07) is 14.7. The van der Waals surface area contributed by atoms with Crippen LogP contribution in [0, 0.1) is 11.7 Å². The summed E-state index contributed by atoms with van der Waals surface area (Å²) >= 11 is 0. The number of hydrogen-bond acceptors (Lipinski definition) is 4. The van der Waals surface area contributed by atoms with E-state index in [-0.39, 0.29) is 23.5 Å². The number of para-hydroxylation sites is 2. The number of likely N-dealkylation sites (tertiary alicyclic amines) is 1. The van der Waals surface area contributed by atoms with Crippen LogP contribution in [0.5, 0.6) is 0 Å². The summed E-state index contributed by atoms with van der Waals surface area (Å²) < 4.78 is 15.9. The average molecular weight is 478 g/mol. The molecule has 2 aromatic carbocycles. The van der Waals surface area contributed by atoms with E-state index in [1.807, 2.05) is 35.2 Å². The van der Waals surface area contributed by atoms with Gasteiger partial charge in [-0.15, -0.1) is 0 Å². The average Bonchev–Trinajstić information content (AvgIpc) is 3.45. The van der Waals surface area contributed by atoms with Crippen LogP contribution >= 0.6 is 0 Å². The lowest BCUT2D eigenvalue weighted by molar-refractivity contribution is -0.127. The highest BCUT2D eigenvalue weighted by atomic mass is 19.1. The van der Waals surface area contributed by atoms with E-state index in [2.05, 4.69) is 14.8 Å². The summed E-state index contributed by atoms with van der Waals surface area (Å²) in [5.74, 6) is 0.940. The minimum Gasteiger partial charge on any atom is -0.356 e. The van der Waals surface area contributed by atoms with Gasteiger partial charge in [-0.1, -0.05) is 24.3 Å². The smallest absolute Gasteiger partial charge is 0.223 e. The number of anilines is 1. The van der Waals surface area contributed by atoms with Gasteiger partial charge in [0.2, 0.25) is 17.8 Å². The molecule has 2 aliphatic rings. The molecule has 0 saturated carbocycles. The summed E-state index contributed by atoms with van der Waals surface area (Å²) in [6.07, 6.45) is 3.92. The Hall–Kier alpha value is -3.42. The molecule has 0 radical (unpaired) electrons. The van der Waals surface area contributed by atoms with Gasteiger partial charge in [-0.2, -0.15) is 0 Å². The Morgan fingerprint density at radius 1 is 1.09 bits per heavy atom. The fourth-order valence-electron chi connectivity index (χ4n) is 5.19. The van der Waals surface area contributed by atoms with E-state index in [1.165, 1.54) is 6.07 Å². The molecule has 1 N–H and O–H groups in total. The van der Waals surface area contributed by atoms with Crippen molar-refractivity contribution in [2.24, 2.45) is 5.92 Å². The fourth-order valence-corrected chi connectivity index (χ4v) is 5.19. The fraction of sp³-hybridized carbons (Fsp3) is 0.444. The van der Waals surface area contributed by atoms with E-state index in [0.29, 0.717) is 19.5 Å². The van der Waals surface area contributed by atoms with Crippen molar-refractivity contribution in [2.75, 3.05) is 37.6 Å². The third-order valence-electron chi connectivity index (χ3n) is 7.09. The van der Waals surface area contributed by atoms with Crippen molar-refractivity contribution >= 4 is 28.8 Å². The van der Waals surface area contributed by atoms with E-state index < -0.39 is 0 Å². The number of nitrogens with zero attached hydrogens (tertiary/aromatic N) is 4. The quantitative estimate of drug-likeness (QED) is 0.504. The van der Waals surface area contributed by atoms with Gasteiger partial charge in [0.1, 0.15) is 5.82 Å². The number of fused-ring (bicyclic) bond motifs is 1. The number of amides is 2. The van der Waals surface area contributed by atoms with E-state index in [9.17, 15) is 14.0 Å². The SMILES string of the molecule is O=C(NCCCN1CCCC1=O)C1CCN(c2nc3ccccc3n2Cc2cccc(F)c2)CC1. The number of rotatable bonds is 8. The van der Waals surface area contributed by atoms with Crippen LogP contribution in [-0.4, -0.2) is 59.0 Å². The monoisotopic (exact) mass is 477 g/mol. The molecule has 1 aromatic heterocycles. The van der Waals surface area contributed by atoms with Gasteiger partial charge in [-0.05, 0) is 55.5 Å². The van der Waals surface area contributed by atoms with Crippen LogP contribution in [0.15, 0.2) is 48.5 Å². The predicted molar refractivity (Wildman–Crippen MR) is 134 cm³/mol. The maximum absolute atomic E-state index is 13.8. The van der Waals surface area contributed by atoms with Gasteiger partial charge < -0.3 is 19.7 Å². The number of imidazole rings is 1. The Labute approximate surface area is 204 Å². The molecule has 35 heavy (non-hydrogen) atoms. The van der Waals surface area contributed by atoms with Crippen molar-refractivity contribution in [2.45, 2.75) is 38.6 Å². The van der Waals surface area contributed by atoms with Gasteiger partial charge in [0.15, 0.2) is 0 Å². The maximum atomic E-state index is 13.8. The van der Waals surface area contributed by atoms with Gasteiger partial charge >= 0.3 is 0 Å². The normalized spacial score (nSPS) is 16.9. The highest BCUT2D eigenvalue weighted by molar-refractivity contribution is 5.80. The number of carbonyl (C=O) groups excluding carboxylic acids is 2. The largest absolute Gasteiger partial charge is 0.356 e. The second-order valence-corrected chi connectivity index (χ2v) is 9.51. The predicted octanol–water partition coefficient (Wildman–Crippen LogP) is 3.57. The molecular formula is C27H32FN5O2. The number of piperidine rings is 1. The maximum Gasteiger partial charge on any atom is 0.223 e. The lowest BCUT2D eigenvalue weighted by atomic mass is 9.96. The third kappa shape index (κ3) is 5.31. The highest BCUT2D eigenvalue weighted by Gasteiger charge is 2.28. The summed E-state index contributed by atoms with van der Waals surface area (Å²) in [4.78, 5) is 33.4. The van der Waals surface area contributed by atoms with Crippen LogP contribution in [0.1, 0.15) is 37.7 Å². The first kappa shape index (κ1) is 23.3. The zero-order chi connectivity index (χ0) is 24.2. The minimum absolute atomic E-state index is 0.0132. The molecular weight excluding hydrogens is 445 g/mol. The number of carbonyl (C=O) groups is 2. The van der Waals surface area contributed by atoms with Crippen molar-refractivity contribution in [1.29, 1.82) is 0 Å². The zero-order valence-corrected chi connectivity index (χ0v) is 20.0. The standard InChI is InChI=1S/C27H32FN5O2/c28-22-7-3-6-20(18-22)19-33-24-9-2-1-8-23(24)30-27(33)32-16-11-21(12-17-32)26(35)29-13-5-15-31-14-4-10-25(31)34/h1-3,6-9,18,21H,4-5,10-17,19H2,(H,29,35). The molecule has 3 aromatic rings. The van der Waals surface area contributed by atoms with Gasteiger partial charge in [0, 0.05) is 45.1 Å². The van der Waals surface area contributed by atoms with E-state index in [0.717, 1.165) is 74.4 Å². The molecule has 0 aliphatic carbocycles. The Morgan fingerprint density at radius 3 is 2.69 bits per heavy atom. The molecule has 0 spiro atoms. The van der Waals surface area contributed by atoms with Crippen LogP contribution in [0.4, 0.5) is 10.3 Å². The molecule has 0 unspecified atom stereocenters. The molecule has 7 nitrogen and oxygen atoms in total. The van der Waals surface area contributed by atoms with Crippen molar-refractivity contribution in [3.63, 3.8) is 0 Å². The van der Waals surface area contributed by atoms with Gasteiger partial charge in [0.25, 0.3) is 0 Å². The second-order valence-electron chi connectivity index (χ2n) is 9.51. The number of aromatic nitrogens is 2. The molecule has 2 saturated heterocycles. The number of benzene rings is 2. The van der Waals surface area contributed by atoms with E-state index in [1.54, 1.807) is 12.1 Å². The first-order valence-corrected chi connectivity index (χ1v) is 12.6. The first-order valence-electron chi connectivity index (χ1n) is 12.6. The van der Waals surface area contributed by atoms with Crippen LogP contribution in [0.25, 0.3) is 11.0 Å². The van der Waals surface area contributed by atoms with Crippen LogP contribution in [0.3, 0.4) is 0 Å². The van der Waals surface area contributed by atoms with Gasteiger partial charge in [0.05, 0.1) is 17.6 Å². The Kier molecular flexibility index (Phi) is 6.97. The van der Waals surface area contributed by atoms with E-state index >= 15 is 0 Å². The summed E-state index contributed by atoms with van der Waals surface area (Å²) in [7, 11) is 0. The Bertz CT molecular complexity index is 1200. The first-order chi connectivity index (χ1) is 17.1. The summed E-state index contributed by atoms with van der Waals surface area (Å²) in [5, 5.41) is 3.06. The lowest BCUT2D eigenvalue weighted by Gasteiger charge is -2.32. The highest BCUT2D eigenvalue weighted by Crippen LogP contribution is 2.28. The third-order valence-corrected chi connectivity index (χ3v) is 7.09. The number of hydrogen-bond donors (Lipinski definition) is 1. The number of halogens is 1. The van der Waals surface area contributed by atoms with Crippen LogP contribution in [-0.2, 0) is 16.1 Å². The molecule has 2 amide bonds. The lowest BCUT2D eigenvalue weighted by Crippen LogP contribution is -2.42. The van der Waals surface area contributed by atoms with Crippen molar-refractivity contribution in [3.8, 4) is 0 Å². The van der Waals surface area contributed by atoms with E-state index in [4.69, 9.17) is 4.98 Å². The molecule has 5 rings (SSSR count). The Morgan fingerprint density at radius 2 is 1.91 bits per heavy atom. The summed E-state index contributed by atoms with van der Waals surface area (Å²) in [6.45, 7) is 4.19. The molecule has 0 bridgehead atoms. The molecule has 2 fully saturated rings. The van der Waals surface area contributed by atoms with Gasteiger partial charge in [-0.25, -0.2) is 9.37 Å². The van der Waals surface area contributed by atoms with Crippen molar-refractivity contribution in [1.82, 2.24) is 19.8 Å². The molecule has 3 heterocycles. The second kappa shape index (κ2) is 10.5. The molecule has 184 valence electrons. The van der Waals surface area contributed by atoms with Gasteiger partial charge in [-0.3, -0.25) is 9.59 Å². The van der Waals surface area contributed by atoms with Crippen molar-refractivity contribution in [3.05, 3.63) is 59.9 Å². The minimum atomic E-state index is -0.243.